The van der Waals surface area contributed by atoms with Crippen molar-refractivity contribution in [3.05, 3.63) is 78.1 Å². The number of phenolic OH excluding ortho intramolecular Hbond substituents is 1. The Hall–Kier alpha value is -2.81. The van der Waals surface area contributed by atoms with E-state index in [1.165, 1.54) is 12.1 Å². The number of phenols is 1. The molecular weight excluding hydrogens is 315 g/mol. The molecule has 0 aliphatic rings. The van der Waals surface area contributed by atoms with E-state index in [1.807, 2.05) is 18.2 Å². The van der Waals surface area contributed by atoms with Crippen molar-refractivity contribution >= 4 is 0 Å². The topological polar surface area (TPSA) is 29.5 Å². The standard InChI is InChI=1S/C22H21FO2/c1-22(2,3)17-5-4-6-19(14-17)25-21-13-16(9-12-20(21)24)15-7-10-18(23)11-8-15/h4-14,24H,1-3H3. The van der Waals surface area contributed by atoms with Crippen LogP contribution in [0.15, 0.2) is 66.7 Å². The highest BCUT2D eigenvalue weighted by atomic mass is 19.1. The molecule has 0 radical (unpaired) electrons. The van der Waals surface area contributed by atoms with E-state index < -0.39 is 0 Å². The van der Waals surface area contributed by atoms with Crippen LogP contribution in [0.3, 0.4) is 0 Å². The number of ether oxygens (including phenoxy) is 1. The monoisotopic (exact) mass is 336 g/mol. The largest absolute Gasteiger partial charge is 0.504 e. The van der Waals surface area contributed by atoms with E-state index in [9.17, 15) is 9.50 Å². The molecule has 0 saturated carbocycles. The molecule has 0 atom stereocenters. The van der Waals surface area contributed by atoms with Gasteiger partial charge < -0.3 is 9.84 Å². The van der Waals surface area contributed by atoms with Crippen LogP contribution < -0.4 is 4.74 Å². The third kappa shape index (κ3) is 4.00. The minimum atomic E-state index is -0.280. The lowest BCUT2D eigenvalue weighted by Crippen LogP contribution is -2.10. The Morgan fingerprint density at radius 3 is 2.20 bits per heavy atom. The van der Waals surface area contributed by atoms with Crippen molar-refractivity contribution in [2.24, 2.45) is 0 Å². The minimum Gasteiger partial charge on any atom is -0.504 e. The second-order valence-electron chi connectivity index (χ2n) is 7.07. The van der Waals surface area contributed by atoms with Gasteiger partial charge in [0.15, 0.2) is 11.5 Å². The highest BCUT2D eigenvalue weighted by Gasteiger charge is 2.15. The summed E-state index contributed by atoms with van der Waals surface area (Å²) in [6.45, 7) is 6.41. The molecule has 0 amide bonds. The maximum Gasteiger partial charge on any atom is 0.169 e. The molecule has 25 heavy (non-hydrogen) atoms. The molecule has 2 nitrogen and oxygen atoms in total. The fourth-order valence-electron chi connectivity index (χ4n) is 2.57. The first-order valence-corrected chi connectivity index (χ1v) is 8.20. The maximum absolute atomic E-state index is 13.1. The van der Waals surface area contributed by atoms with E-state index in [0.717, 1.165) is 16.7 Å². The molecule has 128 valence electrons. The molecule has 3 aromatic carbocycles. The summed E-state index contributed by atoms with van der Waals surface area (Å²) in [6, 6.07) is 19.2. The zero-order chi connectivity index (χ0) is 18.0. The molecule has 0 aliphatic heterocycles. The van der Waals surface area contributed by atoms with Crippen LogP contribution in [-0.4, -0.2) is 5.11 Å². The van der Waals surface area contributed by atoms with Crippen molar-refractivity contribution in [1.29, 1.82) is 0 Å². The number of hydrogen-bond donors (Lipinski definition) is 1. The number of rotatable bonds is 3. The summed E-state index contributed by atoms with van der Waals surface area (Å²) < 4.78 is 19.0. The zero-order valence-electron chi connectivity index (χ0n) is 14.6. The van der Waals surface area contributed by atoms with Crippen LogP contribution in [0.1, 0.15) is 26.3 Å². The van der Waals surface area contributed by atoms with E-state index in [2.05, 4.69) is 26.8 Å². The first-order valence-electron chi connectivity index (χ1n) is 8.20. The Bertz CT molecular complexity index is 877. The van der Waals surface area contributed by atoms with Gasteiger partial charge in [0.1, 0.15) is 11.6 Å². The van der Waals surface area contributed by atoms with Crippen LogP contribution in [0.2, 0.25) is 0 Å². The third-order valence-electron chi connectivity index (χ3n) is 4.07. The smallest absolute Gasteiger partial charge is 0.169 e. The van der Waals surface area contributed by atoms with Crippen LogP contribution in [0.5, 0.6) is 17.2 Å². The first kappa shape index (κ1) is 17.0. The molecule has 3 aromatic rings. The van der Waals surface area contributed by atoms with E-state index in [1.54, 1.807) is 30.3 Å². The number of benzene rings is 3. The predicted molar refractivity (Wildman–Crippen MR) is 98.7 cm³/mol. The van der Waals surface area contributed by atoms with Gasteiger partial charge in [0.05, 0.1) is 0 Å². The van der Waals surface area contributed by atoms with Crippen LogP contribution in [0.25, 0.3) is 11.1 Å². The van der Waals surface area contributed by atoms with E-state index in [0.29, 0.717) is 11.5 Å². The van der Waals surface area contributed by atoms with Crippen LogP contribution in [0, 0.1) is 5.82 Å². The normalized spacial score (nSPS) is 11.4. The van der Waals surface area contributed by atoms with Gasteiger partial charge in [-0.25, -0.2) is 4.39 Å². The fourth-order valence-corrected chi connectivity index (χ4v) is 2.57. The molecular formula is C22H21FO2. The molecule has 1 N–H and O–H groups in total. The van der Waals surface area contributed by atoms with Gasteiger partial charge in [-0.3, -0.25) is 0 Å². The average Bonchev–Trinajstić information content (AvgIpc) is 2.57. The first-order chi connectivity index (χ1) is 11.8. The predicted octanol–water partition coefficient (Wildman–Crippen LogP) is 6.29. The Morgan fingerprint density at radius 1 is 0.840 bits per heavy atom. The van der Waals surface area contributed by atoms with Crippen molar-refractivity contribution in [2.75, 3.05) is 0 Å². The summed E-state index contributed by atoms with van der Waals surface area (Å²) in [5.74, 6) is 0.817. The Labute approximate surface area is 147 Å². The number of hydrogen-bond acceptors (Lipinski definition) is 2. The second-order valence-corrected chi connectivity index (χ2v) is 7.07. The minimum absolute atomic E-state index is 0.0113. The van der Waals surface area contributed by atoms with Crippen LogP contribution >= 0.6 is 0 Å². The molecule has 0 aromatic heterocycles. The van der Waals surface area contributed by atoms with E-state index in [4.69, 9.17) is 4.74 Å². The average molecular weight is 336 g/mol. The second kappa shape index (κ2) is 6.60. The molecule has 0 aliphatic carbocycles. The lowest BCUT2D eigenvalue weighted by molar-refractivity contribution is 0.410. The fraction of sp³-hybridized carbons (Fsp3) is 0.182. The van der Waals surface area contributed by atoms with Crippen LogP contribution in [-0.2, 0) is 5.41 Å². The highest BCUT2D eigenvalue weighted by Crippen LogP contribution is 2.36. The van der Waals surface area contributed by atoms with Crippen molar-refractivity contribution in [3.8, 4) is 28.4 Å². The summed E-state index contributed by atoms with van der Waals surface area (Å²) in [5, 5.41) is 10.1. The third-order valence-corrected chi connectivity index (χ3v) is 4.07. The summed E-state index contributed by atoms with van der Waals surface area (Å²) in [4.78, 5) is 0. The Kier molecular flexibility index (Phi) is 4.49. The lowest BCUT2D eigenvalue weighted by atomic mass is 9.87. The molecule has 0 unspecified atom stereocenters. The van der Waals surface area contributed by atoms with Gasteiger partial charge >= 0.3 is 0 Å². The van der Waals surface area contributed by atoms with Gasteiger partial charge in [0, 0.05) is 0 Å². The Morgan fingerprint density at radius 2 is 1.52 bits per heavy atom. The summed E-state index contributed by atoms with van der Waals surface area (Å²) in [6.07, 6.45) is 0. The van der Waals surface area contributed by atoms with Gasteiger partial charge in [-0.15, -0.1) is 0 Å². The maximum atomic E-state index is 13.1. The molecule has 0 heterocycles. The molecule has 3 heteroatoms. The molecule has 0 bridgehead atoms. The molecule has 3 rings (SSSR count). The zero-order valence-corrected chi connectivity index (χ0v) is 14.6. The SMILES string of the molecule is CC(C)(C)c1cccc(Oc2cc(-c3ccc(F)cc3)ccc2O)c1. The van der Waals surface area contributed by atoms with Crippen molar-refractivity contribution in [3.63, 3.8) is 0 Å². The molecule has 0 spiro atoms. The van der Waals surface area contributed by atoms with E-state index >= 15 is 0 Å². The van der Waals surface area contributed by atoms with Gasteiger partial charge in [-0.05, 0) is 58.5 Å². The number of aromatic hydroxyl groups is 1. The van der Waals surface area contributed by atoms with E-state index in [-0.39, 0.29) is 17.0 Å². The van der Waals surface area contributed by atoms with Gasteiger partial charge in [0.25, 0.3) is 0 Å². The summed E-state index contributed by atoms with van der Waals surface area (Å²) in [7, 11) is 0. The molecule has 0 saturated heterocycles. The molecule has 0 fully saturated rings. The lowest BCUT2D eigenvalue weighted by Gasteiger charge is -2.20. The van der Waals surface area contributed by atoms with Gasteiger partial charge in [0.2, 0.25) is 0 Å². The summed E-state index contributed by atoms with van der Waals surface area (Å²) >= 11 is 0. The van der Waals surface area contributed by atoms with Gasteiger partial charge in [-0.2, -0.15) is 0 Å². The number of halogens is 1. The van der Waals surface area contributed by atoms with Crippen LogP contribution in [0.4, 0.5) is 4.39 Å². The Balaban J connectivity index is 1.93. The van der Waals surface area contributed by atoms with Crippen molar-refractivity contribution in [2.45, 2.75) is 26.2 Å². The summed E-state index contributed by atoms with van der Waals surface area (Å²) in [5.41, 5.74) is 2.87. The van der Waals surface area contributed by atoms with Gasteiger partial charge in [-0.1, -0.05) is 51.1 Å². The van der Waals surface area contributed by atoms with Crippen molar-refractivity contribution < 1.29 is 14.2 Å². The van der Waals surface area contributed by atoms with Crippen molar-refractivity contribution in [1.82, 2.24) is 0 Å². The highest BCUT2D eigenvalue weighted by molar-refractivity contribution is 5.67. The quantitative estimate of drug-likeness (QED) is 0.609.